The van der Waals surface area contributed by atoms with Crippen molar-refractivity contribution < 1.29 is 38.6 Å². The van der Waals surface area contributed by atoms with Crippen LogP contribution in [0, 0.1) is 0 Å². The predicted molar refractivity (Wildman–Crippen MR) is 212 cm³/mol. The second-order valence-corrected chi connectivity index (χ2v) is 13.3. The molecular weight excluding hydrogens is 680 g/mol. The van der Waals surface area contributed by atoms with Crippen molar-refractivity contribution in [3.63, 3.8) is 0 Å². The van der Waals surface area contributed by atoms with Crippen molar-refractivity contribution >= 4 is 21.5 Å². The highest BCUT2D eigenvalue weighted by molar-refractivity contribution is 5.91. The molecule has 0 unspecified atom stereocenters. The summed E-state index contributed by atoms with van der Waals surface area (Å²) >= 11 is 0. The number of hydrogen-bond acceptors (Lipinski definition) is 8. The van der Waals surface area contributed by atoms with Crippen LogP contribution in [-0.2, 0) is 12.8 Å². The van der Waals surface area contributed by atoms with Crippen molar-refractivity contribution in [2.75, 3.05) is 39.6 Å². The molecule has 0 aliphatic carbocycles. The number of benzene rings is 6. The Balaban J connectivity index is 1.16. The number of allylic oxidation sites excluding steroid dienone is 1. The van der Waals surface area contributed by atoms with Gasteiger partial charge in [0.2, 0.25) is 0 Å². The van der Waals surface area contributed by atoms with Gasteiger partial charge in [-0.15, -0.1) is 0 Å². The lowest BCUT2D eigenvalue weighted by atomic mass is 9.92. The highest BCUT2D eigenvalue weighted by Gasteiger charge is 2.19. The normalized spacial score (nSPS) is 15.0. The molecule has 0 saturated heterocycles. The Morgan fingerprint density at radius 3 is 1.19 bits per heavy atom. The SMILES string of the molecule is C=C1COc2ccccc2OCCCOc2cc3ccccc3c(c2O)CC(=C)Cc2c(O)c(cc3ccccc23)OCCCOc2ccccc2OC1. The van der Waals surface area contributed by atoms with E-state index in [-0.39, 0.29) is 24.7 Å². The van der Waals surface area contributed by atoms with E-state index in [2.05, 4.69) is 13.2 Å². The first-order chi connectivity index (χ1) is 26.4. The molecule has 2 N–H and O–H groups in total. The molecule has 0 saturated carbocycles. The number of phenolic OH excluding ortho intramolecular Hbond substituents is 2. The Bertz CT molecular complexity index is 2120. The third kappa shape index (κ3) is 8.50. The largest absolute Gasteiger partial charge is 0.504 e. The van der Waals surface area contributed by atoms with Crippen molar-refractivity contribution in [3.8, 4) is 46.0 Å². The van der Waals surface area contributed by atoms with Crippen LogP contribution in [0.3, 0.4) is 0 Å². The Hall–Kier alpha value is -6.28. The van der Waals surface area contributed by atoms with E-state index in [1.807, 2.05) is 109 Å². The highest BCUT2D eigenvalue weighted by Crippen LogP contribution is 2.41. The van der Waals surface area contributed by atoms with Crippen molar-refractivity contribution in [3.05, 3.63) is 145 Å². The number of ether oxygens (including phenoxy) is 6. The van der Waals surface area contributed by atoms with Gasteiger partial charge in [-0.2, -0.15) is 0 Å². The lowest BCUT2D eigenvalue weighted by Crippen LogP contribution is -2.11. The van der Waals surface area contributed by atoms with Gasteiger partial charge in [0.15, 0.2) is 46.0 Å². The van der Waals surface area contributed by atoms with Gasteiger partial charge in [-0.05, 0) is 76.4 Å². The Kier molecular flexibility index (Phi) is 11.4. The fourth-order valence-corrected chi connectivity index (χ4v) is 6.53. The zero-order valence-corrected chi connectivity index (χ0v) is 30.2. The van der Waals surface area contributed by atoms with Crippen LogP contribution < -0.4 is 28.4 Å². The van der Waals surface area contributed by atoms with Crippen molar-refractivity contribution in [1.29, 1.82) is 0 Å². The average Bonchev–Trinajstić information content (AvgIpc) is 3.19. The molecular formula is C46H44O8. The molecule has 0 atom stereocenters. The van der Waals surface area contributed by atoms with Crippen LogP contribution in [-0.4, -0.2) is 49.9 Å². The third-order valence-electron chi connectivity index (χ3n) is 9.21. The number of hydrogen-bond donors (Lipinski definition) is 2. The predicted octanol–water partition coefficient (Wildman–Crippen LogP) is 9.77. The van der Waals surface area contributed by atoms with Crippen LogP contribution in [0.5, 0.6) is 46.0 Å². The van der Waals surface area contributed by atoms with Crippen molar-refractivity contribution in [2.24, 2.45) is 0 Å². The molecule has 6 aromatic rings. The molecule has 276 valence electrons. The fourth-order valence-electron chi connectivity index (χ4n) is 6.53. The molecule has 8 heteroatoms. The summed E-state index contributed by atoms with van der Waals surface area (Å²) in [6.07, 6.45) is 1.87. The van der Waals surface area contributed by atoms with Crippen molar-refractivity contribution in [2.45, 2.75) is 25.7 Å². The molecule has 0 aromatic heterocycles. The summed E-state index contributed by atoms with van der Waals surface area (Å²) < 4.78 is 36.6. The molecule has 7 rings (SSSR count). The molecule has 1 aliphatic heterocycles. The Morgan fingerprint density at radius 1 is 0.407 bits per heavy atom. The summed E-state index contributed by atoms with van der Waals surface area (Å²) in [7, 11) is 0. The summed E-state index contributed by atoms with van der Waals surface area (Å²) in [5.41, 5.74) is 2.98. The minimum absolute atomic E-state index is 0.0721. The summed E-state index contributed by atoms with van der Waals surface area (Å²) in [5, 5.41) is 26.9. The van der Waals surface area contributed by atoms with Crippen LogP contribution in [0.15, 0.2) is 133 Å². The van der Waals surface area contributed by atoms with E-state index in [1.54, 1.807) is 0 Å². The van der Waals surface area contributed by atoms with Gasteiger partial charge in [-0.25, -0.2) is 0 Å². The first kappa shape index (κ1) is 36.1. The zero-order chi connectivity index (χ0) is 37.3. The molecule has 0 spiro atoms. The van der Waals surface area contributed by atoms with Crippen LogP contribution in [0.4, 0.5) is 0 Å². The van der Waals surface area contributed by atoms with Gasteiger partial charge in [-0.3, -0.25) is 0 Å². The summed E-state index contributed by atoms with van der Waals surface area (Å²) in [4.78, 5) is 0. The molecule has 0 amide bonds. The van der Waals surface area contributed by atoms with Gasteiger partial charge in [0.05, 0.1) is 26.4 Å². The van der Waals surface area contributed by atoms with E-state index in [4.69, 9.17) is 28.4 Å². The van der Waals surface area contributed by atoms with E-state index in [0.29, 0.717) is 97.7 Å². The molecule has 1 heterocycles. The lowest BCUT2D eigenvalue weighted by Gasteiger charge is -2.18. The van der Waals surface area contributed by atoms with Crippen LogP contribution in [0.2, 0.25) is 0 Å². The van der Waals surface area contributed by atoms with Gasteiger partial charge in [0.25, 0.3) is 0 Å². The molecule has 1 aliphatic rings. The second kappa shape index (κ2) is 17.0. The minimum atomic E-state index is 0.0721. The van der Waals surface area contributed by atoms with E-state index in [1.165, 1.54) is 0 Å². The summed E-state index contributed by atoms with van der Waals surface area (Å²) in [5.74, 6) is 3.35. The van der Waals surface area contributed by atoms with Gasteiger partial charge in [-0.1, -0.05) is 91.5 Å². The van der Waals surface area contributed by atoms with E-state index >= 15 is 0 Å². The zero-order valence-electron chi connectivity index (χ0n) is 30.2. The van der Waals surface area contributed by atoms with Crippen LogP contribution in [0.25, 0.3) is 21.5 Å². The summed E-state index contributed by atoms with van der Waals surface area (Å²) in [6.45, 7) is 10.4. The van der Waals surface area contributed by atoms with Crippen LogP contribution >= 0.6 is 0 Å². The first-order valence-corrected chi connectivity index (χ1v) is 18.2. The Morgan fingerprint density at radius 2 is 0.759 bits per heavy atom. The standard InChI is InChI=1S/C46H44O8/c1-31-25-37-35-15-5-3-13-33(35)27-43(45(37)47)51-23-11-21-49-39-17-7-9-19-41(39)53-29-32(2)30-54-42-20-10-8-18-40(42)50-22-12-24-52-44-28-34-14-4-6-16-36(34)38(26-31)46(44)48/h3-10,13-20,27-28,47-48H,1-2,11-12,21-26,29-30H2. The lowest BCUT2D eigenvalue weighted by molar-refractivity contribution is 0.227. The number of phenols is 2. The highest BCUT2D eigenvalue weighted by atomic mass is 16.5. The van der Waals surface area contributed by atoms with E-state index in [9.17, 15) is 10.2 Å². The van der Waals surface area contributed by atoms with Gasteiger partial charge in [0.1, 0.15) is 13.2 Å². The van der Waals surface area contributed by atoms with Gasteiger partial charge in [0, 0.05) is 24.0 Å². The molecule has 0 fully saturated rings. The maximum atomic E-state index is 11.6. The number of aromatic hydroxyl groups is 2. The number of fused-ring (bicyclic) bond motifs is 10. The third-order valence-corrected chi connectivity index (χ3v) is 9.21. The number of rotatable bonds is 0. The monoisotopic (exact) mass is 724 g/mol. The van der Waals surface area contributed by atoms with E-state index in [0.717, 1.165) is 32.7 Å². The smallest absolute Gasteiger partial charge is 0.161 e. The maximum absolute atomic E-state index is 11.6. The summed E-state index contributed by atoms with van der Waals surface area (Å²) in [6, 6.07) is 34.5. The molecule has 8 nitrogen and oxygen atoms in total. The van der Waals surface area contributed by atoms with E-state index < -0.39 is 0 Å². The average molecular weight is 725 g/mol. The number of para-hydroxylation sites is 4. The van der Waals surface area contributed by atoms with Gasteiger partial charge < -0.3 is 38.6 Å². The van der Waals surface area contributed by atoms with Gasteiger partial charge >= 0.3 is 0 Å². The first-order valence-electron chi connectivity index (χ1n) is 18.2. The molecule has 6 aromatic carbocycles. The molecule has 0 radical (unpaired) electrons. The van der Waals surface area contributed by atoms with Crippen molar-refractivity contribution in [1.82, 2.24) is 0 Å². The second-order valence-electron chi connectivity index (χ2n) is 13.3. The topological polar surface area (TPSA) is 95.8 Å². The Labute approximate surface area is 315 Å². The quantitative estimate of drug-likeness (QED) is 0.150. The maximum Gasteiger partial charge on any atom is 0.161 e. The fraction of sp³-hybridized carbons (Fsp3) is 0.217. The van der Waals surface area contributed by atoms with Crippen LogP contribution in [0.1, 0.15) is 24.0 Å². The molecule has 4 bridgehead atoms. The minimum Gasteiger partial charge on any atom is -0.504 e. The molecule has 54 heavy (non-hydrogen) atoms.